The van der Waals surface area contributed by atoms with Gasteiger partial charge >= 0.3 is 0 Å². The Kier molecular flexibility index (Phi) is 6.40. The summed E-state index contributed by atoms with van der Waals surface area (Å²) in [7, 11) is 0. The number of halogens is 1. The Labute approximate surface area is 182 Å². The molecule has 2 amide bonds. The maximum atomic E-state index is 12.7. The first kappa shape index (κ1) is 20.9. The van der Waals surface area contributed by atoms with Crippen molar-refractivity contribution in [1.29, 1.82) is 0 Å². The SMILES string of the molecule is CC(NC(=O)CN(Cc1ccc(C(=O)NC2CC2)cc1)C1CC1)c1ccccc1Cl. The highest BCUT2D eigenvalue weighted by molar-refractivity contribution is 6.31. The molecular weight excluding hydrogens is 398 g/mol. The Hall–Kier alpha value is -2.37. The molecule has 1 atom stereocenters. The molecule has 0 heterocycles. The summed E-state index contributed by atoms with van der Waals surface area (Å²) in [4.78, 5) is 27.0. The van der Waals surface area contributed by atoms with Crippen molar-refractivity contribution in [2.45, 2.75) is 57.3 Å². The second-order valence-corrected chi connectivity index (χ2v) is 8.80. The monoisotopic (exact) mass is 425 g/mol. The van der Waals surface area contributed by atoms with Gasteiger partial charge in [0.1, 0.15) is 0 Å². The van der Waals surface area contributed by atoms with E-state index in [-0.39, 0.29) is 17.9 Å². The predicted molar refractivity (Wildman–Crippen MR) is 118 cm³/mol. The zero-order valence-electron chi connectivity index (χ0n) is 17.2. The number of amides is 2. The Bertz CT molecular complexity index is 907. The van der Waals surface area contributed by atoms with Crippen LogP contribution in [0.25, 0.3) is 0 Å². The van der Waals surface area contributed by atoms with Crippen LogP contribution in [0.3, 0.4) is 0 Å². The Morgan fingerprint density at radius 3 is 2.40 bits per heavy atom. The molecule has 4 rings (SSSR count). The fraction of sp³-hybridized carbons (Fsp3) is 0.417. The maximum Gasteiger partial charge on any atom is 0.251 e. The molecule has 0 aromatic heterocycles. The summed E-state index contributed by atoms with van der Waals surface area (Å²) in [6, 6.07) is 16.0. The summed E-state index contributed by atoms with van der Waals surface area (Å²) < 4.78 is 0. The van der Waals surface area contributed by atoms with Crippen molar-refractivity contribution < 1.29 is 9.59 Å². The first-order valence-corrected chi connectivity index (χ1v) is 11.0. The normalized spacial score (nSPS) is 16.9. The third-order valence-electron chi connectivity index (χ3n) is 5.67. The van der Waals surface area contributed by atoms with Crippen LogP contribution < -0.4 is 10.6 Å². The fourth-order valence-electron chi connectivity index (χ4n) is 3.62. The van der Waals surface area contributed by atoms with Crippen molar-refractivity contribution in [3.8, 4) is 0 Å². The van der Waals surface area contributed by atoms with E-state index in [0.717, 1.165) is 36.8 Å². The van der Waals surface area contributed by atoms with E-state index >= 15 is 0 Å². The summed E-state index contributed by atoms with van der Waals surface area (Å²) in [5.74, 6) is -0.00853. The molecule has 6 heteroatoms. The molecule has 2 aromatic rings. The zero-order valence-corrected chi connectivity index (χ0v) is 18.0. The summed E-state index contributed by atoms with van der Waals surface area (Å²) in [5.41, 5.74) is 2.72. The van der Waals surface area contributed by atoms with Gasteiger partial charge in [0.05, 0.1) is 12.6 Å². The van der Waals surface area contributed by atoms with Crippen LogP contribution in [0.4, 0.5) is 0 Å². The summed E-state index contributed by atoms with van der Waals surface area (Å²) in [5, 5.41) is 6.74. The topological polar surface area (TPSA) is 61.4 Å². The molecule has 2 aliphatic rings. The van der Waals surface area contributed by atoms with Crippen LogP contribution in [-0.2, 0) is 11.3 Å². The number of rotatable bonds is 9. The summed E-state index contributed by atoms with van der Waals surface area (Å²) >= 11 is 6.25. The van der Waals surface area contributed by atoms with E-state index in [2.05, 4.69) is 15.5 Å². The molecule has 158 valence electrons. The van der Waals surface area contributed by atoms with Gasteiger partial charge in [-0.15, -0.1) is 0 Å². The van der Waals surface area contributed by atoms with Gasteiger partial charge in [-0.3, -0.25) is 14.5 Å². The number of benzene rings is 2. The fourth-order valence-corrected chi connectivity index (χ4v) is 3.92. The van der Waals surface area contributed by atoms with Gasteiger partial charge in [-0.2, -0.15) is 0 Å². The van der Waals surface area contributed by atoms with Gasteiger partial charge in [-0.05, 0) is 61.9 Å². The van der Waals surface area contributed by atoms with Crippen molar-refractivity contribution in [3.05, 3.63) is 70.2 Å². The van der Waals surface area contributed by atoms with Crippen LogP contribution >= 0.6 is 11.6 Å². The second-order valence-electron chi connectivity index (χ2n) is 8.39. The van der Waals surface area contributed by atoms with Gasteiger partial charge in [0.2, 0.25) is 5.91 Å². The van der Waals surface area contributed by atoms with Crippen molar-refractivity contribution >= 4 is 23.4 Å². The number of nitrogens with zero attached hydrogens (tertiary/aromatic N) is 1. The highest BCUT2D eigenvalue weighted by Gasteiger charge is 2.30. The third-order valence-corrected chi connectivity index (χ3v) is 6.02. The van der Waals surface area contributed by atoms with E-state index in [1.807, 2.05) is 55.5 Å². The first-order chi connectivity index (χ1) is 14.5. The number of nitrogens with one attached hydrogen (secondary N) is 2. The lowest BCUT2D eigenvalue weighted by molar-refractivity contribution is -0.123. The molecule has 0 aliphatic heterocycles. The van der Waals surface area contributed by atoms with Crippen LogP contribution in [-0.4, -0.2) is 35.3 Å². The molecule has 2 aromatic carbocycles. The molecular formula is C24H28ClN3O2. The largest absolute Gasteiger partial charge is 0.349 e. The highest BCUT2D eigenvalue weighted by atomic mass is 35.5. The van der Waals surface area contributed by atoms with E-state index in [1.165, 1.54) is 0 Å². The van der Waals surface area contributed by atoms with Gasteiger partial charge in [-0.25, -0.2) is 0 Å². The Balaban J connectivity index is 1.33. The Morgan fingerprint density at radius 1 is 1.07 bits per heavy atom. The minimum absolute atomic E-state index is 0.00367. The van der Waals surface area contributed by atoms with Gasteiger partial charge < -0.3 is 10.6 Å². The predicted octanol–water partition coefficient (Wildman–Crippen LogP) is 4.07. The van der Waals surface area contributed by atoms with Crippen LogP contribution in [0.2, 0.25) is 5.02 Å². The highest BCUT2D eigenvalue weighted by Crippen LogP contribution is 2.28. The minimum Gasteiger partial charge on any atom is -0.349 e. The number of hydrogen-bond acceptors (Lipinski definition) is 3. The zero-order chi connectivity index (χ0) is 21.1. The van der Waals surface area contributed by atoms with Crippen molar-refractivity contribution in [1.82, 2.24) is 15.5 Å². The lowest BCUT2D eigenvalue weighted by atomic mass is 10.1. The first-order valence-electron chi connectivity index (χ1n) is 10.7. The van der Waals surface area contributed by atoms with E-state index < -0.39 is 0 Å². The van der Waals surface area contributed by atoms with Crippen LogP contribution in [0.1, 0.15) is 60.1 Å². The Morgan fingerprint density at radius 2 is 1.77 bits per heavy atom. The molecule has 0 radical (unpaired) electrons. The number of carbonyl (C=O) groups is 2. The lowest BCUT2D eigenvalue weighted by Crippen LogP contribution is -2.39. The molecule has 5 nitrogen and oxygen atoms in total. The van der Waals surface area contributed by atoms with Gasteiger partial charge in [-0.1, -0.05) is 41.9 Å². The summed E-state index contributed by atoms with van der Waals surface area (Å²) in [6.07, 6.45) is 4.40. The van der Waals surface area contributed by atoms with Crippen LogP contribution in [0, 0.1) is 0 Å². The molecule has 30 heavy (non-hydrogen) atoms. The van der Waals surface area contributed by atoms with Crippen LogP contribution in [0.15, 0.2) is 48.5 Å². The molecule has 2 fully saturated rings. The molecule has 0 bridgehead atoms. The number of hydrogen-bond donors (Lipinski definition) is 2. The van der Waals surface area contributed by atoms with Crippen molar-refractivity contribution in [2.24, 2.45) is 0 Å². The average Bonchev–Trinajstić information content (AvgIpc) is 3.62. The van der Waals surface area contributed by atoms with Gasteiger partial charge in [0, 0.05) is 29.2 Å². The lowest BCUT2D eigenvalue weighted by Gasteiger charge is -2.23. The third kappa shape index (κ3) is 5.61. The van der Waals surface area contributed by atoms with Crippen LogP contribution in [0.5, 0.6) is 0 Å². The second kappa shape index (κ2) is 9.19. The molecule has 0 saturated heterocycles. The van der Waals surface area contributed by atoms with E-state index in [9.17, 15) is 9.59 Å². The molecule has 0 spiro atoms. The maximum absolute atomic E-state index is 12.7. The number of carbonyl (C=O) groups excluding carboxylic acids is 2. The molecule has 2 N–H and O–H groups in total. The smallest absolute Gasteiger partial charge is 0.251 e. The standard InChI is InChI=1S/C24H28ClN3O2/c1-16(21-4-2-3-5-22(21)25)26-23(29)15-28(20-12-13-20)14-17-6-8-18(9-7-17)24(30)27-19-10-11-19/h2-9,16,19-20H,10-15H2,1H3,(H,26,29)(H,27,30). The van der Waals surface area contributed by atoms with E-state index in [0.29, 0.717) is 35.8 Å². The summed E-state index contributed by atoms with van der Waals surface area (Å²) in [6.45, 7) is 3.00. The molecule has 2 saturated carbocycles. The quantitative estimate of drug-likeness (QED) is 0.636. The average molecular weight is 426 g/mol. The van der Waals surface area contributed by atoms with E-state index in [4.69, 9.17) is 11.6 Å². The van der Waals surface area contributed by atoms with Crippen molar-refractivity contribution in [2.75, 3.05) is 6.54 Å². The van der Waals surface area contributed by atoms with Gasteiger partial charge in [0.25, 0.3) is 5.91 Å². The molecule has 2 aliphatic carbocycles. The van der Waals surface area contributed by atoms with Crippen molar-refractivity contribution in [3.63, 3.8) is 0 Å². The minimum atomic E-state index is -0.142. The van der Waals surface area contributed by atoms with Gasteiger partial charge in [0.15, 0.2) is 0 Å². The molecule has 1 unspecified atom stereocenters. The van der Waals surface area contributed by atoms with E-state index in [1.54, 1.807) is 0 Å².